The van der Waals surface area contributed by atoms with E-state index >= 15 is 0 Å². The molecule has 0 radical (unpaired) electrons. The number of ether oxygens (including phenoxy) is 1. The molecule has 1 aliphatic rings. The van der Waals surface area contributed by atoms with Crippen LogP contribution in [0.3, 0.4) is 0 Å². The van der Waals surface area contributed by atoms with Gasteiger partial charge in [-0.15, -0.1) is 0 Å². The number of rotatable bonds is 6. The van der Waals surface area contributed by atoms with Crippen molar-refractivity contribution in [1.82, 2.24) is 20.3 Å². The van der Waals surface area contributed by atoms with Crippen molar-refractivity contribution in [3.05, 3.63) is 18.0 Å². The molecule has 0 bridgehead atoms. The number of anilines is 2. The van der Waals surface area contributed by atoms with Crippen LogP contribution in [0.25, 0.3) is 10.7 Å². The predicted octanol–water partition coefficient (Wildman–Crippen LogP) is 2.85. The van der Waals surface area contributed by atoms with Crippen molar-refractivity contribution in [3.63, 3.8) is 0 Å². The second kappa shape index (κ2) is 9.22. The summed E-state index contributed by atoms with van der Waals surface area (Å²) in [7, 11) is -2.77. The number of morpholine rings is 1. The molecule has 0 aromatic carbocycles. The summed E-state index contributed by atoms with van der Waals surface area (Å²) in [6.07, 6.45) is 2.99. The Morgan fingerprint density at radius 2 is 2.24 bits per heavy atom. The molecule has 0 spiro atoms. The summed E-state index contributed by atoms with van der Waals surface area (Å²) in [5, 5.41) is 5.75. The van der Waals surface area contributed by atoms with E-state index in [9.17, 15) is 13.9 Å². The monoisotopic (exact) mass is 442 g/mol. The number of hydrogen-bond acceptors (Lipinski definition) is 9. The third-order valence-electron chi connectivity index (χ3n) is 4.13. The van der Waals surface area contributed by atoms with Crippen LogP contribution in [0.5, 0.6) is 0 Å². The normalized spacial score (nSPS) is 17.8. The van der Waals surface area contributed by atoms with E-state index in [0.717, 1.165) is 0 Å². The van der Waals surface area contributed by atoms with Crippen LogP contribution in [0.15, 0.2) is 12.3 Å². The van der Waals surface area contributed by atoms with Crippen molar-refractivity contribution < 1.29 is 18.6 Å². The second-order valence-electron chi connectivity index (χ2n) is 6.81. The first kappa shape index (κ1) is 21.7. The zero-order valence-electron chi connectivity index (χ0n) is 16.6. The fraction of sp³-hybridized carbons (Fsp3) is 0.529. The molecule has 12 heteroatoms. The van der Waals surface area contributed by atoms with Gasteiger partial charge >= 0.3 is 6.03 Å². The van der Waals surface area contributed by atoms with Gasteiger partial charge in [0.2, 0.25) is 0 Å². The summed E-state index contributed by atoms with van der Waals surface area (Å²) in [5.41, 5.74) is 0.540. The number of carbonyl (C=O) groups excluding carboxylic acids is 1. The molecule has 4 N–H and O–H groups in total. The van der Waals surface area contributed by atoms with Crippen LogP contribution >= 0.6 is 21.9 Å². The minimum Gasteiger partial charge on any atom is -0.377 e. The number of urea groups is 1. The molecule has 1 saturated heterocycles. The highest BCUT2D eigenvalue weighted by Gasteiger charge is 2.23. The Bertz CT molecular complexity index is 857. The zero-order chi connectivity index (χ0) is 21.0. The molecule has 3 rings (SSSR count). The maximum absolute atomic E-state index is 11.7. The van der Waals surface area contributed by atoms with E-state index < -0.39 is 10.6 Å². The molecule has 2 amide bonds. The van der Waals surface area contributed by atoms with E-state index in [1.54, 1.807) is 12.3 Å². The van der Waals surface area contributed by atoms with Crippen LogP contribution < -0.4 is 15.5 Å². The average Bonchev–Trinajstić information content (AvgIpc) is 3.09. The maximum Gasteiger partial charge on any atom is 0.321 e. The highest BCUT2D eigenvalue weighted by Crippen LogP contribution is 2.38. The molecule has 0 unspecified atom stereocenters. The number of hydrogen-bond donors (Lipinski definition) is 4. The summed E-state index contributed by atoms with van der Waals surface area (Å²) in [5.74, 6) is 1.18. The zero-order valence-corrected chi connectivity index (χ0v) is 18.2. The van der Waals surface area contributed by atoms with Crippen LogP contribution in [0, 0.1) is 0 Å². The summed E-state index contributed by atoms with van der Waals surface area (Å²) in [6.45, 7) is 6.28. The number of amides is 2. The summed E-state index contributed by atoms with van der Waals surface area (Å²) in [4.78, 5) is 27.9. The summed E-state index contributed by atoms with van der Waals surface area (Å²) >= 11 is 1.25. The van der Waals surface area contributed by atoms with Gasteiger partial charge in [-0.1, -0.05) is 11.3 Å². The number of nitrogens with one attached hydrogen (secondary N) is 2. The molecule has 1 atom stereocenters. The lowest BCUT2D eigenvalue weighted by atomic mass is 10.2. The standard InChI is InChI=1S/C17H26N6O4S2/c1-4-18-16(24)22-17-19-8-13(28-17)15-20-12(10-29(3,25)26)7-14(21-15)23-5-6-27-9-11(23)2/h7-8,11,25-26H,4-6,9-10H2,1-3H3,(H2,18,19,22,24)/t11-/m0/s1. The van der Waals surface area contributed by atoms with Gasteiger partial charge in [0.05, 0.1) is 41.8 Å². The van der Waals surface area contributed by atoms with E-state index in [2.05, 4.69) is 37.4 Å². The molecular weight excluding hydrogens is 416 g/mol. The summed E-state index contributed by atoms with van der Waals surface area (Å²) in [6, 6.07) is 1.60. The van der Waals surface area contributed by atoms with Gasteiger partial charge in [-0.05, 0) is 13.8 Å². The highest BCUT2D eigenvalue weighted by molar-refractivity contribution is 8.23. The van der Waals surface area contributed by atoms with Crippen LogP contribution in [-0.2, 0) is 10.5 Å². The van der Waals surface area contributed by atoms with Crippen molar-refractivity contribution in [2.75, 3.05) is 42.8 Å². The Morgan fingerprint density at radius 1 is 1.45 bits per heavy atom. The molecule has 2 aromatic rings. The van der Waals surface area contributed by atoms with Crippen LogP contribution in [0.2, 0.25) is 0 Å². The fourth-order valence-corrected chi connectivity index (χ4v) is 4.35. The molecule has 3 heterocycles. The van der Waals surface area contributed by atoms with Gasteiger partial charge in [0, 0.05) is 25.4 Å². The molecule has 1 fully saturated rings. The van der Waals surface area contributed by atoms with Gasteiger partial charge in [-0.3, -0.25) is 14.4 Å². The average molecular weight is 443 g/mol. The van der Waals surface area contributed by atoms with Gasteiger partial charge < -0.3 is 15.0 Å². The van der Waals surface area contributed by atoms with Gasteiger partial charge in [-0.25, -0.2) is 19.7 Å². The van der Waals surface area contributed by atoms with E-state index in [1.165, 1.54) is 17.6 Å². The molecule has 10 nitrogen and oxygen atoms in total. The Morgan fingerprint density at radius 3 is 2.93 bits per heavy atom. The van der Waals surface area contributed by atoms with Crippen LogP contribution in [0.1, 0.15) is 19.5 Å². The maximum atomic E-state index is 11.7. The van der Waals surface area contributed by atoms with E-state index in [-0.39, 0.29) is 17.8 Å². The van der Waals surface area contributed by atoms with Crippen LogP contribution in [0.4, 0.5) is 15.7 Å². The first-order chi connectivity index (χ1) is 13.7. The second-order valence-corrected chi connectivity index (χ2v) is 10.1. The van der Waals surface area contributed by atoms with Crippen molar-refractivity contribution in [2.45, 2.75) is 25.6 Å². The molecule has 0 aliphatic carbocycles. The largest absolute Gasteiger partial charge is 0.377 e. The van der Waals surface area contributed by atoms with Crippen LogP contribution in [-0.4, -0.2) is 68.7 Å². The Kier molecular flexibility index (Phi) is 6.90. The third-order valence-corrected chi connectivity index (χ3v) is 5.88. The minimum absolute atomic E-state index is 0.0387. The van der Waals surface area contributed by atoms with Crippen molar-refractivity contribution in [3.8, 4) is 10.7 Å². The lowest BCUT2D eigenvalue weighted by Crippen LogP contribution is -2.44. The minimum atomic E-state index is -2.77. The lowest BCUT2D eigenvalue weighted by molar-refractivity contribution is 0.0985. The molecule has 2 aromatic heterocycles. The molecule has 1 aliphatic heterocycles. The molecule has 0 saturated carbocycles. The van der Waals surface area contributed by atoms with Gasteiger partial charge in [0.25, 0.3) is 0 Å². The van der Waals surface area contributed by atoms with E-state index in [4.69, 9.17) is 4.74 Å². The molecule has 160 valence electrons. The first-order valence-electron chi connectivity index (χ1n) is 9.19. The number of aromatic nitrogens is 3. The highest BCUT2D eigenvalue weighted by atomic mass is 32.3. The molecular formula is C17H26N6O4S2. The summed E-state index contributed by atoms with van der Waals surface area (Å²) < 4.78 is 25.3. The Labute approximate surface area is 175 Å². The van der Waals surface area contributed by atoms with E-state index in [0.29, 0.717) is 53.6 Å². The topological polar surface area (TPSA) is 133 Å². The quantitative estimate of drug-likeness (QED) is 0.537. The van der Waals surface area contributed by atoms with Crippen molar-refractivity contribution in [1.29, 1.82) is 0 Å². The van der Waals surface area contributed by atoms with Crippen molar-refractivity contribution >= 4 is 38.9 Å². The van der Waals surface area contributed by atoms with Crippen molar-refractivity contribution in [2.24, 2.45) is 0 Å². The number of thiazole rings is 1. The fourth-order valence-electron chi connectivity index (χ4n) is 2.90. The Balaban J connectivity index is 1.92. The number of carbonyl (C=O) groups is 1. The lowest BCUT2D eigenvalue weighted by Gasteiger charge is -2.35. The van der Waals surface area contributed by atoms with E-state index in [1.807, 2.05) is 6.92 Å². The van der Waals surface area contributed by atoms with Gasteiger partial charge in [-0.2, -0.15) is 10.6 Å². The third kappa shape index (κ3) is 6.00. The SMILES string of the molecule is CCNC(=O)Nc1ncc(-c2nc(CS(C)(O)O)cc(N3CCOC[C@@H]3C)n2)s1. The van der Waals surface area contributed by atoms with Gasteiger partial charge in [0.15, 0.2) is 11.0 Å². The smallest absolute Gasteiger partial charge is 0.321 e. The molecule has 29 heavy (non-hydrogen) atoms. The first-order valence-corrected chi connectivity index (χ1v) is 12.1. The Hall–Kier alpha value is -1.99. The number of nitrogens with zero attached hydrogens (tertiary/aromatic N) is 4. The predicted molar refractivity (Wildman–Crippen MR) is 116 cm³/mol. The van der Waals surface area contributed by atoms with Gasteiger partial charge in [0.1, 0.15) is 5.82 Å².